The lowest BCUT2D eigenvalue weighted by molar-refractivity contribution is -0.145. The van der Waals surface area contributed by atoms with Gasteiger partial charge >= 0.3 is 6.03 Å². The molecule has 0 aromatic rings. The molecule has 7 fully saturated rings. The summed E-state index contributed by atoms with van der Waals surface area (Å²) >= 11 is 0. The van der Waals surface area contributed by atoms with Crippen LogP contribution in [0.15, 0.2) is 12.7 Å². The first-order valence-electron chi connectivity index (χ1n) is 15.8. The van der Waals surface area contributed by atoms with Crippen molar-refractivity contribution < 1.29 is 27.8 Å². The van der Waals surface area contributed by atoms with Gasteiger partial charge in [-0.3, -0.25) is 9.69 Å². The molecule has 41 heavy (non-hydrogen) atoms. The first-order chi connectivity index (χ1) is 19.8. The highest BCUT2D eigenvalue weighted by Gasteiger charge is 2.63. The van der Waals surface area contributed by atoms with E-state index in [4.69, 9.17) is 9.47 Å². The van der Waals surface area contributed by atoms with Crippen LogP contribution in [0.2, 0.25) is 0 Å². The zero-order valence-electron chi connectivity index (χ0n) is 24.2. The molecular formula is C30H45F2N5O4. The molecule has 0 aromatic carbocycles. The molecule has 5 heterocycles. The summed E-state index contributed by atoms with van der Waals surface area (Å²) in [7, 11) is 0. The van der Waals surface area contributed by atoms with Crippen molar-refractivity contribution in [3.05, 3.63) is 12.7 Å². The number of piperidine rings is 1. The Hall–Kier alpha value is -1.82. The number of fused-ring (bicyclic) bond motifs is 7. The van der Waals surface area contributed by atoms with Crippen molar-refractivity contribution in [2.24, 2.45) is 23.7 Å². The lowest BCUT2D eigenvalue weighted by Gasteiger charge is -2.59. The summed E-state index contributed by atoms with van der Waals surface area (Å²) in [5.41, 5.74) is 0. The van der Waals surface area contributed by atoms with Gasteiger partial charge in [0.15, 0.2) is 0 Å². The number of ether oxygens (including phenoxy) is 2. The van der Waals surface area contributed by atoms with Gasteiger partial charge in [0.1, 0.15) is 12.3 Å². The van der Waals surface area contributed by atoms with Gasteiger partial charge in [0.05, 0.1) is 43.2 Å². The third kappa shape index (κ3) is 4.43. The van der Waals surface area contributed by atoms with E-state index in [0.29, 0.717) is 32.5 Å². The molecule has 13 unspecified atom stereocenters. The minimum Gasteiger partial charge on any atom is -0.373 e. The lowest BCUT2D eigenvalue weighted by atomic mass is 9.64. The Morgan fingerprint density at radius 3 is 2.76 bits per heavy atom. The summed E-state index contributed by atoms with van der Waals surface area (Å²) in [5, 5.41) is 6.97. The largest absolute Gasteiger partial charge is 0.373 e. The van der Waals surface area contributed by atoms with Crippen LogP contribution in [0.25, 0.3) is 0 Å². The number of alkyl halides is 2. The molecule has 228 valence electrons. The zero-order valence-corrected chi connectivity index (χ0v) is 24.2. The van der Waals surface area contributed by atoms with Crippen LogP contribution in [-0.4, -0.2) is 120 Å². The number of piperazine rings is 1. The smallest absolute Gasteiger partial charge is 0.319 e. The molecule has 2 saturated carbocycles. The lowest BCUT2D eigenvalue weighted by Crippen LogP contribution is -2.77. The summed E-state index contributed by atoms with van der Waals surface area (Å²) in [6.45, 7) is 10.5. The van der Waals surface area contributed by atoms with Gasteiger partial charge in [-0.1, -0.05) is 20.4 Å². The van der Waals surface area contributed by atoms with E-state index in [-0.39, 0.29) is 66.8 Å². The standard InChI is InChI=1S/C30H45F2N5O4/c1-4-22(38)35-10-11-36-16(13-35)14-40-28-24-19-12-17(25(28)32)23-18(31)6-5-7-20(23)41-21-8-9-33-26(15(2)3)27(21)37(19)30(39)34-29(24)36/h4,15-21,23-29,33H,1,5-14H2,2-3H3,(H,34,39). The second kappa shape index (κ2) is 10.7. The van der Waals surface area contributed by atoms with Gasteiger partial charge in [-0.25, -0.2) is 13.6 Å². The highest BCUT2D eigenvalue weighted by Crippen LogP contribution is 2.51. The van der Waals surface area contributed by atoms with E-state index in [1.165, 1.54) is 6.08 Å². The fraction of sp³-hybridized carbons (Fsp3) is 0.867. The Bertz CT molecular complexity index is 1050. The average Bonchev–Trinajstić information content (AvgIpc) is 3.08. The molecule has 2 N–H and O–H groups in total. The maximum Gasteiger partial charge on any atom is 0.319 e. The third-order valence-corrected chi connectivity index (χ3v) is 11.4. The molecule has 2 bridgehead atoms. The predicted molar refractivity (Wildman–Crippen MR) is 147 cm³/mol. The normalized spacial score (nSPS) is 47.9. The van der Waals surface area contributed by atoms with Crippen molar-refractivity contribution in [1.82, 2.24) is 25.3 Å². The fourth-order valence-corrected chi connectivity index (χ4v) is 9.65. The number of urea groups is 1. The topological polar surface area (TPSA) is 86.4 Å². The molecule has 13 atom stereocenters. The summed E-state index contributed by atoms with van der Waals surface area (Å²) in [4.78, 5) is 32.7. The summed E-state index contributed by atoms with van der Waals surface area (Å²) in [6.07, 6.45) is 0.0178. The number of nitrogens with one attached hydrogen (secondary N) is 2. The average molecular weight is 578 g/mol. The maximum absolute atomic E-state index is 16.9. The Balaban J connectivity index is 1.32. The summed E-state index contributed by atoms with van der Waals surface area (Å²) < 4.78 is 46.1. The number of amides is 3. The Morgan fingerprint density at radius 1 is 1.15 bits per heavy atom. The van der Waals surface area contributed by atoms with Gasteiger partial charge in [0, 0.05) is 49.5 Å². The van der Waals surface area contributed by atoms with E-state index in [9.17, 15) is 9.59 Å². The van der Waals surface area contributed by atoms with Crippen LogP contribution in [0.5, 0.6) is 0 Å². The monoisotopic (exact) mass is 577 g/mol. The minimum atomic E-state index is -1.37. The van der Waals surface area contributed by atoms with E-state index in [1.54, 1.807) is 4.90 Å². The Kier molecular flexibility index (Phi) is 7.31. The summed E-state index contributed by atoms with van der Waals surface area (Å²) in [6, 6.07) is -0.878. The van der Waals surface area contributed by atoms with E-state index >= 15 is 8.78 Å². The molecule has 0 radical (unpaired) electrons. The molecule has 9 nitrogen and oxygen atoms in total. The molecule has 0 aromatic heterocycles. The van der Waals surface area contributed by atoms with Crippen LogP contribution >= 0.6 is 0 Å². The third-order valence-electron chi connectivity index (χ3n) is 11.4. The molecule has 2 aliphatic carbocycles. The van der Waals surface area contributed by atoms with E-state index in [0.717, 1.165) is 25.8 Å². The zero-order chi connectivity index (χ0) is 28.6. The second-order valence-electron chi connectivity index (χ2n) is 13.7. The first kappa shape index (κ1) is 28.0. The number of nitrogens with zero attached hydrogens (tertiary/aromatic N) is 3. The quantitative estimate of drug-likeness (QED) is 0.489. The van der Waals surface area contributed by atoms with Gasteiger partial charge in [-0.15, -0.1) is 0 Å². The van der Waals surface area contributed by atoms with E-state index in [1.807, 2.05) is 4.90 Å². The molecule has 0 spiro atoms. The first-order valence-corrected chi connectivity index (χ1v) is 15.8. The number of rotatable bonds is 2. The van der Waals surface area contributed by atoms with Crippen molar-refractivity contribution in [3.63, 3.8) is 0 Å². The number of carbonyl (C=O) groups is 2. The van der Waals surface area contributed by atoms with Gasteiger partial charge in [0.2, 0.25) is 5.91 Å². The molecule has 5 aliphatic heterocycles. The van der Waals surface area contributed by atoms with Crippen LogP contribution in [0.3, 0.4) is 0 Å². The summed E-state index contributed by atoms with van der Waals surface area (Å²) in [5.74, 6) is -1.36. The molecule has 7 aliphatic rings. The van der Waals surface area contributed by atoms with E-state index in [2.05, 4.69) is 36.0 Å². The van der Waals surface area contributed by atoms with Crippen molar-refractivity contribution in [2.75, 3.05) is 32.8 Å². The van der Waals surface area contributed by atoms with Gasteiger partial charge in [-0.2, -0.15) is 0 Å². The highest BCUT2D eigenvalue weighted by atomic mass is 19.1. The minimum absolute atomic E-state index is 0.00488. The Morgan fingerprint density at radius 2 is 1.98 bits per heavy atom. The maximum atomic E-state index is 16.9. The van der Waals surface area contributed by atoms with Crippen molar-refractivity contribution >= 4 is 11.9 Å². The van der Waals surface area contributed by atoms with Gasteiger partial charge < -0.3 is 29.9 Å². The van der Waals surface area contributed by atoms with Crippen LogP contribution < -0.4 is 10.6 Å². The van der Waals surface area contributed by atoms with Crippen LogP contribution in [0.1, 0.15) is 46.0 Å². The van der Waals surface area contributed by atoms with E-state index < -0.39 is 36.4 Å². The number of hydrogen-bond acceptors (Lipinski definition) is 6. The molecule has 7 rings (SSSR count). The van der Waals surface area contributed by atoms with Crippen LogP contribution in [0, 0.1) is 23.7 Å². The number of hydrogen-bond donors (Lipinski definition) is 2. The second-order valence-corrected chi connectivity index (χ2v) is 13.7. The van der Waals surface area contributed by atoms with Crippen molar-refractivity contribution in [2.45, 2.75) is 107 Å². The van der Waals surface area contributed by atoms with Crippen molar-refractivity contribution in [1.29, 1.82) is 0 Å². The fourth-order valence-electron chi connectivity index (χ4n) is 9.65. The molecule has 3 amide bonds. The van der Waals surface area contributed by atoms with Gasteiger partial charge in [0.25, 0.3) is 0 Å². The predicted octanol–water partition coefficient (Wildman–Crippen LogP) is 2.07. The SMILES string of the molecule is C=CC(=O)N1CCN2C(COC3C(F)C4CC5C3C2NC(=O)N5C2C(CCNC2C(C)C)OC2CCCC(F)C24)C1. The van der Waals surface area contributed by atoms with Crippen molar-refractivity contribution in [3.8, 4) is 0 Å². The Labute approximate surface area is 241 Å². The van der Waals surface area contributed by atoms with Crippen LogP contribution in [-0.2, 0) is 14.3 Å². The van der Waals surface area contributed by atoms with Gasteiger partial charge in [-0.05, 0) is 50.6 Å². The number of carbonyl (C=O) groups excluding carboxylic acids is 2. The molecule has 5 saturated heterocycles. The highest BCUT2D eigenvalue weighted by molar-refractivity contribution is 5.87. The number of halogens is 2. The molecular weight excluding hydrogens is 532 g/mol. The molecule has 11 heteroatoms. The van der Waals surface area contributed by atoms with Crippen LogP contribution in [0.4, 0.5) is 13.6 Å².